The Labute approximate surface area is 231 Å². The molecular weight excluding hydrogens is 514 g/mol. The van der Waals surface area contributed by atoms with Gasteiger partial charge in [-0.2, -0.15) is 0 Å². The van der Waals surface area contributed by atoms with Crippen LogP contribution in [0, 0.1) is 6.92 Å². The Bertz CT molecular complexity index is 1310. The van der Waals surface area contributed by atoms with Crippen molar-refractivity contribution in [3.8, 4) is 0 Å². The molecule has 1 atom stereocenters. The largest absolute Gasteiger partial charge is 0.480 e. The lowest BCUT2D eigenvalue weighted by Crippen LogP contribution is -2.49. The Morgan fingerprint density at radius 3 is 2.13 bits per heavy atom. The van der Waals surface area contributed by atoms with Gasteiger partial charge in [-0.1, -0.05) is 80.6 Å². The molecule has 3 N–H and O–H groups in total. The first-order valence-electron chi connectivity index (χ1n) is 13.2. The molecule has 208 valence electrons. The van der Waals surface area contributed by atoms with Gasteiger partial charge in [0.1, 0.15) is 6.04 Å². The first-order valence-corrected chi connectivity index (χ1v) is 14.7. The number of aliphatic carboxylic acids is 1. The molecule has 2 amide bonds. The summed E-state index contributed by atoms with van der Waals surface area (Å²) in [5.74, 6) is -1.11. The zero-order valence-electron chi connectivity index (χ0n) is 22.5. The Morgan fingerprint density at radius 2 is 1.51 bits per heavy atom. The number of nitrogens with zero attached hydrogens (tertiary/aromatic N) is 1. The van der Waals surface area contributed by atoms with Gasteiger partial charge in [-0.05, 0) is 55.3 Å². The number of urea groups is 1. The van der Waals surface area contributed by atoms with Gasteiger partial charge in [0.15, 0.2) is 0 Å². The predicted molar refractivity (Wildman–Crippen MR) is 155 cm³/mol. The monoisotopic (exact) mass is 551 g/mol. The van der Waals surface area contributed by atoms with Gasteiger partial charge in [-0.25, -0.2) is 18.0 Å². The zero-order chi connectivity index (χ0) is 28.3. The van der Waals surface area contributed by atoms with Crippen LogP contribution in [0.5, 0.6) is 0 Å². The Kier molecular flexibility index (Phi) is 10.9. The van der Waals surface area contributed by atoms with Crippen molar-refractivity contribution in [2.45, 2.75) is 63.3 Å². The molecule has 0 saturated carbocycles. The summed E-state index contributed by atoms with van der Waals surface area (Å²) >= 11 is 0. The van der Waals surface area contributed by atoms with Crippen LogP contribution >= 0.6 is 0 Å². The maximum absolute atomic E-state index is 13.3. The van der Waals surface area contributed by atoms with Gasteiger partial charge in [0.05, 0.1) is 4.90 Å². The molecule has 0 aliphatic rings. The average molecular weight is 552 g/mol. The van der Waals surface area contributed by atoms with Crippen molar-refractivity contribution in [1.82, 2.24) is 5.32 Å². The van der Waals surface area contributed by atoms with Crippen molar-refractivity contribution in [3.63, 3.8) is 0 Å². The minimum atomic E-state index is -3.77. The third-order valence-electron chi connectivity index (χ3n) is 6.37. The van der Waals surface area contributed by atoms with Gasteiger partial charge in [0.2, 0.25) is 0 Å². The first kappa shape index (κ1) is 29.7. The van der Waals surface area contributed by atoms with Crippen molar-refractivity contribution in [3.05, 3.63) is 90.0 Å². The van der Waals surface area contributed by atoms with E-state index in [9.17, 15) is 23.1 Å². The molecular formula is C30H37N3O5S. The fourth-order valence-corrected chi connectivity index (χ4v) is 5.20. The number of rotatable bonds is 14. The molecule has 3 aromatic carbocycles. The van der Waals surface area contributed by atoms with Crippen LogP contribution in [0.1, 0.15) is 50.2 Å². The van der Waals surface area contributed by atoms with Gasteiger partial charge >= 0.3 is 12.0 Å². The number of hydrogen-bond donors (Lipinski definition) is 3. The molecule has 3 rings (SSSR count). The molecule has 0 radical (unpaired) electrons. The summed E-state index contributed by atoms with van der Waals surface area (Å²) < 4.78 is 28.1. The van der Waals surface area contributed by atoms with E-state index in [1.165, 1.54) is 4.90 Å². The topological polar surface area (TPSA) is 116 Å². The number of unbranched alkanes of at least 4 members (excludes halogenated alkanes) is 4. The second-order valence-electron chi connectivity index (χ2n) is 9.56. The minimum absolute atomic E-state index is 0.156. The molecule has 0 fully saturated rings. The molecule has 0 aromatic heterocycles. The van der Waals surface area contributed by atoms with Crippen molar-refractivity contribution < 1.29 is 23.1 Å². The number of aryl methyl sites for hydroxylation is 1. The standard InChI is InChI=1S/C30H37N3O5S/c1-3-4-5-6-10-21-33(30(36)31-28(29(34)35)22-24-11-8-7-9-12-24)26-17-15-25(16-18-26)32-39(37,38)27-19-13-23(2)14-20-27/h7-9,11-20,28,32H,3-6,10,21-22H2,1-2H3,(H,31,36)(H,34,35)/t28-/m1/s1. The molecule has 0 bridgehead atoms. The molecule has 0 saturated heterocycles. The van der Waals surface area contributed by atoms with Crippen LogP contribution in [0.3, 0.4) is 0 Å². The third-order valence-corrected chi connectivity index (χ3v) is 7.77. The predicted octanol–water partition coefficient (Wildman–Crippen LogP) is 5.98. The van der Waals surface area contributed by atoms with E-state index in [0.717, 1.165) is 43.2 Å². The highest BCUT2D eigenvalue weighted by molar-refractivity contribution is 7.92. The van der Waals surface area contributed by atoms with E-state index in [4.69, 9.17) is 0 Å². The average Bonchev–Trinajstić information content (AvgIpc) is 2.91. The number of hydrogen-bond acceptors (Lipinski definition) is 4. The first-order chi connectivity index (χ1) is 18.7. The third kappa shape index (κ3) is 9.14. The second kappa shape index (κ2) is 14.3. The number of carboxylic acids is 1. The molecule has 3 aromatic rings. The number of anilines is 2. The number of amides is 2. The number of carbonyl (C=O) groups excluding carboxylic acids is 1. The quantitative estimate of drug-likeness (QED) is 0.213. The normalized spacial score (nSPS) is 11.9. The number of carboxylic acid groups (broad SMARTS) is 1. The van der Waals surface area contributed by atoms with Gasteiger partial charge < -0.3 is 10.4 Å². The highest BCUT2D eigenvalue weighted by Gasteiger charge is 2.24. The smallest absolute Gasteiger partial charge is 0.326 e. The molecule has 0 aliphatic heterocycles. The molecule has 0 aliphatic carbocycles. The minimum Gasteiger partial charge on any atom is -0.480 e. The fraction of sp³-hybridized carbons (Fsp3) is 0.333. The highest BCUT2D eigenvalue weighted by Crippen LogP contribution is 2.22. The summed E-state index contributed by atoms with van der Waals surface area (Å²) in [6.45, 7) is 4.42. The number of nitrogens with one attached hydrogen (secondary N) is 2. The molecule has 39 heavy (non-hydrogen) atoms. The molecule has 9 heteroatoms. The van der Waals surface area contributed by atoms with Gasteiger partial charge in [-0.3, -0.25) is 9.62 Å². The maximum atomic E-state index is 13.3. The maximum Gasteiger partial charge on any atom is 0.326 e. The van der Waals surface area contributed by atoms with Crippen molar-refractivity contribution in [1.29, 1.82) is 0 Å². The zero-order valence-corrected chi connectivity index (χ0v) is 23.3. The van der Waals surface area contributed by atoms with E-state index in [-0.39, 0.29) is 11.3 Å². The summed E-state index contributed by atoms with van der Waals surface area (Å²) in [4.78, 5) is 27.0. The molecule has 0 unspecified atom stereocenters. The van der Waals surface area contributed by atoms with Crippen LogP contribution in [-0.4, -0.2) is 38.1 Å². The van der Waals surface area contributed by atoms with E-state index in [1.54, 1.807) is 48.5 Å². The van der Waals surface area contributed by atoms with E-state index in [2.05, 4.69) is 17.0 Å². The van der Waals surface area contributed by atoms with Crippen LogP contribution in [0.25, 0.3) is 0 Å². The number of benzene rings is 3. The van der Waals surface area contributed by atoms with Crippen molar-refractivity contribution in [2.24, 2.45) is 0 Å². The van der Waals surface area contributed by atoms with Gasteiger partial charge in [0.25, 0.3) is 10.0 Å². The molecule has 0 heterocycles. The molecule has 8 nitrogen and oxygen atoms in total. The lowest BCUT2D eigenvalue weighted by Gasteiger charge is -2.26. The van der Waals surface area contributed by atoms with Crippen molar-refractivity contribution in [2.75, 3.05) is 16.2 Å². The second-order valence-corrected chi connectivity index (χ2v) is 11.2. The van der Waals surface area contributed by atoms with E-state index in [1.807, 2.05) is 37.3 Å². The van der Waals surface area contributed by atoms with E-state index < -0.39 is 28.1 Å². The summed E-state index contributed by atoms with van der Waals surface area (Å²) in [5.41, 5.74) is 2.67. The van der Waals surface area contributed by atoms with Crippen molar-refractivity contribution >= 4 is 33.4 Å². The summed E-state index contributed by atoms with van der Waals surface area (Å²) in [6, 6.07) is 20.6. The van der Waals surface area contributed by atoms with Crippen LogP contribution in [0.15, 0.2) is 83.8 Å². The Morgan fingerprint density at radius 1 is 0.872 bits per heavy atom. The number of carbonyl (C=O) groups is 2. The van der Waals surface area contributed by atoms with Gasteiger partial charge in [-0.15, -0.1) is 0 Å². The summed E-state index contributed by atoms with van der Waals surface area (Å²) in [5, 5.41) is 12.4. The lowest BCUT2D eigenvalue weighted by molar-refractivity contribution is -0.139. The Hall–Kier alpha value is -3.85. The van der Waals surface area contributed by atoms with E-state index >= 15 is 0 Å². The summed E-state index contributed by atoms with van der Waals surface area (Å²) in [6.07, 6.45) is 5.12. The fourth-order valence-electron chi connectivity index (χ4n) is 4.14. The summed E-state index contributed by atoms with van der Waals surface area (Å²) in [7, 11) is -3.77. The van der Waals surface area contributed by atoms with Crippen LogP contribution in [0.2, 0.25) is 0 Å². The number of sulfonamides is 1. The van der Waals surface area contributed by atoms with Gasteiger partial charge in [0, 0.05) is 24.3 Å². The van der Waals surface area contributed by atoms with Crippen LogP contribution in [0.4, 0.5) is 16.2 Å². The van der Waals surface area contributed by atoms with E-state index in [0.29, 0.717) is 17.9 Å². The highest BCUT2D eigenvalue weighted by atomic mass is 32.2. The Balaban J connectivity index is 1.76. The SMILES string of the molecule is CCCCCCCN(C(=O)N[C@H](Cc1ccccc1)C(=O)O)c1ccc(NS(=O)(=O)c2ccc(C)cc2)cc1. The van der Waals surface area contributed by atoms with Crippen LogP contribution in [-0.2, 0) is 21.2 Å². The molecule has 0 spiro atoms. The lowest BCUT2D eigenvalue weighted by atomic mass is 10.1. The van der Waals surface area contributed by atoms with Crippen LogP contribution < -0.4 is 14.9 Å².